The molecule has 0 spiro atoms. The van der Waals surface area contributed by atoms with Crippen molar-refractivity contribution >= 4 is 20.0 Å². The van der Waals surface area contributed by atoms with E-state index in [1.165, 1.54) is 15.7 Å². The Bertz CT molecular complexity index is 474. The van der Waals surface area contributed by atoms with Crippen molar-refractivity contribution in [2.24, 2.45) is 5.73 Å². The molecule has 0 bridgehead atoms. The van der Waals surface area contributed by atoms with Crippen molar-refractivity contribution in [1.82, 2.24) is 8.61 Å². The molecule has 0 aromatic heterocycles. The van der Waals surface area contributed by atoms with E-state index in [0.29, 0.717) is 19.5 Å². The third kappa shape index (κ3) is 3.64. The average Bonchev–Trinajstić information content (AvgIpc) is 2.23. The van der Waals surface area contributed by atoms with Crippen LogP contribution in [0.15, 0.2) is 0 Å². The van der Waals surface area contributed by atoms with Crippen molar-refractivity contribution < 1.29 is 16.8 Å². The Labute approximate surface area is 109 Å². The summed E-state index contributed by atoms with van der Waals surface area (Å²) in [6, 6.07) is -0.519. The first kappa shape index (κ1) is 15.8. The fourth-order valence-corrected chi connectivity index (χ4v) is 5.27. The summed E-state index contributed by atoms with van der Waals surface area (Å²) in [6.45, 7) is 2.41. The van der Waals surface area contributed by atoms with E-state index in [1.54, 1.807) is 6.92 Å². The van der Waals surface area contributed by atoms with Crippen LogP contribution in [0.2, 0.25) is 0 Å². The van der Waals surface area contributed by atoms with Gasteiger partial charge in [0, 0.05) is 26.2 Å². The summed E-state index contributed by atoms with van der Waals surface area (Å²) in [6.07, 6.45) is 0.580. The second-order valence-electron chi connectivity index (χ2n) is 4.55. The second-order valence-corrected chi connectivity index (χ2v) is 8.76. The van der Waals surface area contributed by atoms with Gasteiger partial charge in [0.1, 0.15) is 0 Å². The van der Waals surface area contributed by atoms with E-state index in [4.69, 9.17) is 5.73 Å². The number of nitrogens with two attached hydrogens (primary N) is 1. The van der Waals surface area contributed by atoms with Gasteiger partial charge in [0.15, 0.2) is 9.84 Å². The predicted octanol–water partition coefficient (Wildman–Crippen LogP) is -1.37. The van der Waals surface area contributed by atoms with Crippen molar-refractivity contribution in [3.63, 3.8) is 0 Å². The zero-order valence-electron chi connectivity index (χ0n) is 10.7. The van der Waals surface area contributed by atoms with E-state index in [9.17, 15) is 16.8 Å². The molecular formula is C9H21N3O4S2. The van der Waals surface area contributed by atoms with E-state index in [-0.39, 0.29) is 18.1 Å². The van der Waals surface area contributed by atoms with Crippen LogP contribution < -0.4 is 5.73 Å². The zero-order valence-corrected chi connectivity index (χ0v) is 12.4. The number of nitrogens with zero attached hydrogens (tertiary/aromatic N) is 2. The summed E-state index contributed by atoms with van der Waals surface area (Å²) >= 11 is 0. The first-order chi connectivity index (χ1) is 8.20. The molecule has 0 amide bonds. The molecule has 7 nitrogen and oxygen atoms in total. The molecule has 1 unspecified atom stereocenters. The fraction of sp³-hybridized carbons (Fsp3) is 1.00. The molecule has 1 aliphatic rings. The van der Waals surface area contributed by atoms with Crippen LogP contribution in [0.1, 0.15) is 13.3 Å². The van der Waals surface area contributed by atoms with Crippen molar-refractivity contribution in [2.75, 3.05) is 38.2 Å². The van der Waals surface area contributed by atoms with Crippen LogP contribution in [0.3, 0.4) is 0 Å². The minimum atomic E-state index is -3.59. The smallest absolute Gasteiger partial charge is 0.282 e. The Morgan fingerprint density at radius 1 is 1.44 bits per heavy atom. The van der Waals surface area contributed by atoms with Gasteiger partial charge in [0.05, 0.1) is 11.5 Å². The minimum Gasteiger partial charge on any atom is -0.330 e. The lowest BCUT2D eigenvalue weighted by atomic mass is 10.4. The first-order valence-electron chi connectivity index (χ1n) is 5.84. The second kappa shape index (κ2) is 5.83. The highest BCUT2D eigenvalue weighted by atomic mass is 32.2. The van der Waals surface area contributed by atoms with E-state index in [0.717, 1.165) is 0 Å². The Kier molecular flexibility index (Phi) is 5.13. The molecule has 0 radical (unpaired) electrons. The number of hydrogen-bond acceptors (Lipinski definition) is 5. The Balaban J connectivity index is 2.80. The lowest BCUT2D eigenvalue weighted by Gasteiger charge is -2.34. The SMILES string of the molecule is CC1CS(=O)(=O)CCN1S(=O)(=O)N(C)CCCN. The van der Waals surface area contributed by atoms with Gasteiger partial charge in [-0.1, -0.05) is 0 Å². The number of rotatable bonds is 5. The molecule has 0 aliphatic carbocycles. The first-order valence-corrected chi connectivity index (χ1v) is 9.06. The normalized spacial score (nSPS) is 25.4. The lowest BCUT2D eigenvalue weighted by molar-refractivity contribution is 0.320. The van der Waals surface area contributed by atoms with E-state index in [2.05, 4.69) is 0 Å². The summed E-state index contributed by atoms with van der Waals surface area (Å²) in [5, 5.41) is 0. The Morgan fingerprint density at radius 2 is 2.06 bits per heavy atom. The molecular weight excluding hydrogens is 278 g/mol. The quantitative estimate of drug-likeness (QED) is 0.675. The molecule has 9 heteroatoms. The maximum Gasteiger partial charge on any atom is 0.282 e. The summed E-state index contributed by atoms with van der Waals surface area (Å²) in [5.41, 5.74) is 5.35. The Morgan fingerprint density at radius 3 is 2.56 bits per heavy atom. The molecule has 0 saturated carbocycles. The summed E-state index contributed by atoms with van der Waals surface area (Å²) in [4.78, 5) is 0. The van der Waals surface area contributed by atoms with Gasteiger partial charge in [-0.25, -0.2) is 8.42 Å². The predicted molar refractivity (Wildman–Crippen MR) is 70.0 cm³/mol. The van der Waals surface area contributed by atoms with Crippen LogP contribution in [-0.4, -0.2) is 69.7 Å². The minimum absolute atomic E-state index is 0.0266. The Hall–Kier alpha value is -0.220. The summed E-state index contributed by atoms with van der Waals surface area (Å²) in [5.74, 6) is -0.224. The van der Waals surface area contributed by atoms with Gasteiger partial charge in [-0.3, -0.25) is 0 Å². The van der Waals surface area contributed by atoms with Crippen LogP contribution in [0, 0.1) is 0 Å². The average molecular weight is 299 g/mol. The van der Waals surface area contributed by atoms with Crippen LogP contribution in [0.4, 0.5) is 0 Å². The van der Waals surface area contributed by atoms with Crippen molar-refractivity contribution in [2.45, 2.75) is 19.4 Å². The van der Waals surface area contributed by atoms with E-state index >= 15 is 0 Å². The largest absolute Gasteiger partial charge is 0.330 e. The van der Waals surface area contributed by atoms with Gasteiger partial charge in [-0.2, -0.15) is 17.0 Å². The van der Waals surface area contributed by atoms with Crippen LogP contribution in [-0.2, 0) is 20.0 Å². The number of hydrogen-bond donors (Lipinski definition) is 1. The van der Waals surface area contributed by atoms with Gasteiger partial charge >= 0.3 is 0 Å². The third-order valence-corrected chi connectivity index (χ3v) is 6.88. The highest BCUT2D eigenvalue weighted by Crippen LogP contribution is 2.17. The monoisotopic (exact) mass is 299 g/mol. The summed E-state index contributed by atoms with van der Waals surface area (Å²) in [7, 11) is -5.21. The highest BCUT2D eigenvalue weighted by molar-refractivity contribution is 7.91. The zero-order chi connectivity index (χ0) is 14.0. The molecule has 1 rings (SSSR count). The van der Waals surface area contributed by atoms with Crippen molar-refractivity contribution in [3.8, 4) is 0 Å². The highest BCUT2D eigenvalue weighted by Gasteiger charge is 2.37. The molecule has 0 aromatic carbocycles. The topological polar surface area (TPSA) is 101 Å². The molecule has 1 aliphatic heterocycles. The fourth-order valence-electron chi connectivity index (χ4n) is 1.93. The number of sulfone groups is 1. The van der Waals surface area contributed by atoms with E-state index < -0.39 is 26.1 Å². The van der Waals surface area contributed by atoms with Crippen LogP contribution >= 0.6 is 0 Å². The molecule has 1 saturated heterocycles. The standard InChI is InChI=1S/C9H21N3O4S2/c1-9-8-17(13,14)7-6-12(9)18(15,16)11(2)5-3-4-10/h9H,3-8,10H2,1-2H3. The van der Waals surface area contributed by atoms with Gasteiger partial charge < -0.3 is 5.73 Å². The van der Waals surface area contributed by atoms with E-state index in [1.807, 2.05) is 0 Å². The molecule has 2 N–H and O–H groups in total. The van der Waals surface area contributed by atoms with Gasteiger partial charge in [0.25, 0.3) is 10.2 Å². The van der Waals surface area contributed by atoms with Gasteiger partial charge in [-0.15, -0.1) is 0 Å². The molecule has 1 heterocycles. The van der Waals surface area contributed by atoms with Crippen molar-refractivity contribution in [3.05, 3.63) is 0 Å². The summed E-state index contributed by atoms with van der Waals surface area (Å²) < 4.78 is 49.8. The lowest BCUT2D eigenvalue weighted by Crippen LogP contribution is -2.53. The maximum atomic E-state index is 12.2. The molecule has 1 fully saturated rings. The molecule has 18 heavy (non-hydrogen) atoms. The van der Waals surface area contributed by atoms with Crippen LogP contribution in [0.25, 0.3) is 0 Å². The maximum absolute atomic E-state index is 12.2. The molecule has 1 atom stereocenters. The molecule has 108 valence electrons. The van der Waals surface area contributed by atoms with Gasteiger partial charge in [-0.05, 0) is 19.9 Å². The van der Waals surface area contributed by atoms with Gasteiger partial charge in [0.2, 0.25) is 0 Å². The third-order valence-electron chi connectivity index (χ3n) is 2.98. The molecule has 0 aromatic rings. The van der Waals surface area contributed by atoms with Crippen molar-refractivity contribution in [1.29, 1.82) is 0 Å². The van der Waals surface area contributed by atoms with Crippen LogP contribution in [0.5, 0.6) is 0 Å².